The molecular formula is C23H24O13. The SMILES string of the molecule is O=c1c(O)c(-c2ccc(COC[C@H]3OC(CO)[C@@H](O)C(O)C3O)c(O)c2)oc2c(O)c(O)cc(O)c12. The number of benzene rings is 2. The Hall–Kier alpha value is -3.59. The summed E-state index contributed by atoms with van der Waals surface area (Å²) in [6.07, 6.45) is -6.68. The van der Waals surface area contributed by atoms with Crippen LogP contribution in [0.2, 0.25) is 0 Å². The molecular weight excluding hydrogens is 484 g/mol. The number of aliphatic hydroxyl groups is 4. The molecule has 1 aliphatic rings. The van der Waals surface area contributed by atoms with E-state index in [-0.39, 0.29) is 30.1 Å². The van der Waals surface area contributed by atoms with Crippen LogP contribution in [-0.2, 0) is 16.1 Å². The van der Waals surface area contributed by atoms with Gasteiger partial charge in [0, 0.05) is 17.2 Å². The topological polar surface area (TPSA) is 231 Å². The lowest BCUT2D eigenvalue weighted by molar-refractivity contribution is -0.239. The molecule has 4 rings (SSSR count). The predicted molar refractivity (Wildman–Crippen MR) is 120 cm³/mol. The molecule has 1 fully saturated rings. The molecule has 0 amide bonds. The Morgan fingerprint density at radius 2 is 1.53 bits per heavy atom. The third-order valence-electron chi connectivity index (χ3n) is 5.95. The lowest BCUT2D eigenvalue weighted by Gasteiger charge is -2.39. The molecule has 194 valence electrons. The number of ether oxygens (including phenoxy) is 2. The van der Waals surface area contributed by atoms with Crippen molar-refractivity contribution in [1.29, 1.82) is 0 Å². The van der Waals surface area contributed by atoms with Gasteiger partial charge in [0.25, 0.3) is 0 Å². The van der Waals surface area contributed by atoms with Crippen molar-refractivity contribution in [2.75, 3.05) is 13.2 Å². The maximum atomic E-state index is 12.5. The zero-order chi connectivity index (χ0) is 26.3. The average Bonchev–Trinajstić information content (AvgIpc) is 2.85. The standard InChI is InChI=1S/C23H24O13/c24-5-13-17(29)20(32)18(30)14(35-13)7-34-6-9-2-1-8(3-10(9)25)22-21(33)19(31)15-11(26)4-12(27)16(28)23(15)36-22/h1-4,13-14,17-18,20,24-30,32-33H,5-7H2/t13?,14-,17-,18?,20?/m1/s1. The van der Waals surface area contributed by atoms with Crippen molar-refractivity contribution >= 4 is 11.0 Å². The summed E-state index contributed by atoms with van der Waals surface area (Å²) in [5, 5.41) is 88.8. The zero-order valence-corrected chi connectivity index (χ0v) is 18.5. The van der Waals surface area contributed by atoms with Crippen LogP contribution >= 0.6 is 0 Å². The Balaban J connectivity index is 1.54. The molecule has 13 nitrogen and oxygen atoms in total. The van der Waals surface area contributed by atoms with E-state index >= 15 is 0 Å². The van der Waals surface area contributed by atoms with Gasteiger partial charge in [-0.1, -0.05) is 12.1 Å². The minimum atomic E-state index is -1.55. The summed E-state index contributed by atoms with van der Waals surface area (Å²) < 4.78 is 16.2. The van der Waals surface area contributed by atoms with Gasteiger partial charge in [0.15, 0.2) is 17.1 Å². The van der Waals surface area contributed by atoms with Crippen molar-refractivity contribution in [3.63, 3.8) is 0 Å². The van der Waals surface area contributed by atoms with Gasteiger partial charge in [-0.15, -0.1) is 0 Å². The van der Waals surface area contributed by atoms with Gasteiger partial charge in [-0.3, -0.25) is 4.79 Å². The molecule has 3 aromatic rings. The summed E-state index contributed by atoms with van der Waals surface area (Å²) in [6, 6.07) is 4.59. The number of aliphatic hydroxyl groups excluding tert-OH is 4. The highest BCUT2D eigenvalue weighted by Gasteiger charge is 2.43. The lowest BCUT2D eigenvalue weighted by atomic mass is 9.95. The van der Waals surface area contributed by atoms with E-state index in [9.17, 15) is 50.8 Å². The van der Waals surface area contributed by atoms with Crippen molar-refractivity contribution in [2.45, 2.75) is 37.1 Å². The molecule has 0 radical (unpaired) electrons. The summed E-state index contributed by atoms with van der Waals surface area (Å²) in [5.41, 5.74) is -1.39. The van der Waals surface area contributed by atoms with Gasteiger partial charge in [0.1, 0.15) is 47.4 Å². The zero-order valence-electron chi connectivity index (χ0n) is 18.5. The van der Waals surface area contributed by atoms with E-state index in [4.69, 9.17) is 13.9 Å². The molecule has 2 aromatic carbocycles. The van der Waals surface area contributed by atoms with E-state index < -0.39 is 82.3 Å². The van der Waals surface area contributed by atoms with Crippen LogP contribution in [0.4, 0.5) is 0 Å². The fraction of sp³-hybridized carbons (Fsp3) is 0.348. The Bertz CT molecular complexity index is 1330. The molecule has 0 spiro atoms. The molecule has 2 heterocycles. The number of hydrogen-bond acceptors (Lipinski definition) is 13. The molecule has 0 bridgehead atoms. The van der Waals surface area contributed by atoms with Crippen LogP contribution < -0.4 is 5.43 Å². The monoisotopic (exact) mass is 508 g/mol. The summed E-state index contributed by atoms with van der Waals surface area (Å²) in [4.78, 5) is 12.5. The number of phenolic OH excluding ortho intramolecular Hbond substituents is 4. The summed E-state index contributed by atoms with van der Waals surface area (Å²) in [5.74, 6) is -4.00. The highest BCUT2D eigenvalue weighted by Crippen LogP contribution is 2.42. The van der Waals surface area contributed by atoms with E-state index in [1.54, 1.807) is 0 Å². The smallest absolute Gasteiger partial charge is 0.238 e. The first-order valence-corrected chi connectivity index (χ1v) is 10.7. The Morgan fingerprint density at radius 3 is 2.19 bits per heavy atom. The number of hydrogen-bond donors (Lipinski definition) is 9. The highest BCUT2D eigenvalue weighted by molar-refractivity contribution is 5.92. The Kier molecular flexibility index (Phi) is 6.95. The number of fused-ring (bicyclic) bond motifs is 1. The van der Waals surface area contributed by atoms with Gasteiger partial charge in [0.2, 0.25) is 16.9 Å². The molecule has 1 aliphatic heterocycles. The molecule has 13 heteroatoms. The van der Waals surface area contributed by atoms with Crippen LogP contribution in [0.25, 0.3) is 22.3 Å². The van der Waals surface area contributed by atoms with Crippen LogP contribution in [-0.4, -0.2) is 89.7 Å². The summed E-state index contributed by atoms with van der Waals surface area (Å²) in [6.45, 7) is -1.04. The fourth-order valence-electron chi connectivity index (χ4n) is 3.94. The van der Waals surface area contributed by atoms with Gasteiger partial charge in [-0.05, 0) is 6.07 Å². The number of rotatable bonds is 6. The van der Waals surface area contributed by atoms with Gasteiger partial charge in [0.05, 0.1) is 19.8 Å². The maximum absolute atomic E-state index is 12.5. The van der Waals surface area contributed by atoms with Crippen molar-refractivity contribution in [2.24, 2.45) is 0 Å². The van der Waals surface area contributed by atoms with Crippen LogP contribution in [0, 0.1) is 0 Å². The van der Waals surface area contributed by atoms with Gasteiger partial charge < -0.3 is 59.8 Å². The lowest BCUT2D eigenvalue weighted by Crippen LogP contribution is -2.59. The molecule has 9 N–H and O–H groups in total. The second-order valence-electron chi connectivity index (χ2n) is 8.30. The summed E-state index contributed by atoms with van der Waals surface area (Å²) in [7, 11) is 0. The predicted octanol–water partition coefficient (Wildman–Crippen LogP) is -0.653. The first-order valence-electron chi connectivity index (χ1n) is 10.7. The minimum absolute atomic E-state index is 0.0175. The first-order chi connectivity index (χ1) is 17.0. The largest absolute Gasteiger partial charge is 0.508 e. The van der Waals surface area contributed by atoms with E-state index in [1.807, 2.05) is 0 Å². The first kappa shape index (κ1) is 25.5. The van der Waals surface area contributed by atoms with Gasteiger partial charge in [-0.25, -0.2) is 0 Å². The molecule has 0 saturated carbocycles. The Morgan fingerprint density at radius 1 is 0.833 bits per heavy atom. The molecule has 0 aliphatic carbocycles. The second-order valence-corrected chi connectivity index (χ2v) is 8.30. The quantitative estimate of drug-likeness (QED) is 0.149. The highest BCUT2D eigenvalue weighted by atomic mass is 16.6. The fourth-order valence-corrected chi connectivity index (χ4v) is 3.94. The average molecular weight is 508 g/mol. The van der Waals surface area contributed by atoms with E-state index in [1.165, 1.54) is 12.1 Å². The molecule has 1 saturated heterocycles. The van der Waals surface area contributed by atoms with Gasteiger partial charge >= 0.3 is 0 Å². The van der Waals surface area contributed by atoms with Crippen LogP contribution in [0.5, 0.6) is 28.7 Å². The molecule has 5 atom stereocenters. The molecule has 1 aromatic heterocycles. The number of aromatic hydroxyl groups is 5. The van der Waals surface area contributed by atoms with E-state index in [0.717, 1.165) is 12.1 Å². The van der Waals surface area contributed by atoms with Crippen LogP contribution in [0.1, 0.15) is 5.56 Å². The van der Waals surface area contributed by atoms with Crippen molar-refractivity contribution in [3.05, 3.63) is 40.1 Å². The minimum Gasteiger partial charge on any atom is -0.508 e. The van der Waals surface area contributed by atoms with Gasteiger partial charge in [-0.2, -0.15) is 0 Å². The molecule has 36 heavy (non-hydrogen) atoms. The van der Waals surface area contributed by atoms with Crippen molar-refractivity contribution in [1.82, 2.24) is 0 Å². The van der Waals surface area contributed by atoms with Crippen LogP contribution in [0.3, 0.4) is 0 Å². The normalized spacial score (nSPS) is 24.3. The van der Waals surface area contributed by atoms with E-state index in [0.29, 0.717) is 0 Å². The van der Waals surface area contributed by atoms with E-state index in [2.05, 4.69) is 0 Å². The van der Waals surface area contributed by atoms with Crippen molar-refractivity contribution in [3.8, 4) is 40.1 Å². The maximum Gasteiger partial charge on any atom is 0.238 e. The second kappa shape index (κ2) is 9.81. The molecule has 3 unspecified atom stereocenters. The summed E-state index contributed by atoms with van der Waals surface area (Å²) >= 11 is 0. The van der Waals surface area contributed by atoms with Crippen molar-refractivity contribution < 1.29 is 59.8 Å². The number of phenols is 4. The third kappa shape index (κ3) is 4.39. The van der Waals surface area contributed by atoms with Crippen LogP contribution in [0.15, 0.2) is 33.5 Å². The Labute approximate surface area is 201 Å². The third-order valence-corrected chi connectivity index (χ3v) is 5.95.